The molecule has 0 bridgehead atoms. The van der Waals surface area contributed by atoms with Gasteiger partial charge in [-0.1, -0.05) is 18.7 Å². The molecule has 1 aliphatic rings. The zero-order valence-corrected chi connectivity index (χ0v) is 14.8. The Hall–Kier alpha value is -1.96. The molecule has 2 N–H and O–H groups in total. The Morgan fingerprint density at radius 1 is 1.54 bits per heavy atom. The summed E-state index contributed by atoms with van der Waals surface area (Å²) in [6, 6.07) is 3.79. The average molecular weight is 349 g/mol. The van der Waals surface area contributed by atoms with Gasteiger partial charge in [0.15, 0.2) is 5.16 Å². The Labute approximate surface area is 145 Å². The average Bonchev–Trinajstić information content (AvgIpc) is 3.18. The summed E-state index contributed by atoms with van der Waals surface area (Å²) in [5, 5.41) is 9.02. The molecule has 1 aliphatic heterocycles. The first-order chi connectivity index (χ1) is 11.5. The first-order valence-corrected chi connectivity index (χ1v) is 9.09. The number of aromatic nitrogens is 3. The number of thioether (sulfide) groups is 1. The number of furan rings is 1. The molecule has 2 aromatic heterocycles. The molecule has 0 spiro atoms. The van der Waals surface area contributed by atoms with Crippen molar-refractivity contribution in [3.63, 3.8) is 0 Å². The zero-order valence-electron chi connectivity index (χ0n) is 14.0. The highest BCUT2D eigenvalue weighted by Gasteiger charge is 2.25. The number of primary amides is 1. The molecule has 0 saturated carbocycles. The normalized spacial score (nSPS) is 19.4. The van der Waals surface area contributed by atoms with Gasteiger partial charge in [0.2, 0.25) is 11.9 Å². The van der Waals surface area contributed by atoms with E-state index in [2.05, 4.69) is 22.0 Å². The number of nitrogens with zero attached hydrogens (tertiary/aromatic N) is 4. The number of hydrogen-bond acceptors (Lipinski definition) is 6. The second kappa shape index (κ2) is 7.29. The third-order valence-corrected chi connectivity index (χ3v) is 5.31. The summed E-state index contributed by atoms with van der Waals surface area (Å²) in [6.45, 7) is 6.50. The van der Waals surface area contributed by atoms with Crippen molar-refractivity contribution in [2.24, 2.45) is 11.7 Å². The molecule has 0 unspecified atom stereocenters. The number of hydrogen-bond donors (Lipinski definition) is 1. The van der Waals surface area contributed by atoms with Gasteiger partial charge in [-0.2, -0.15) is 0 Å². The van der Waals surface area contributed by atoms with E-state index in [1.165, 1.54) is 18.2 Å². The Morgan fingerprint density at radius 2 is 2.38 bits per heavy atom. The molecule has 2 atom stereocenters. The van der Waals surface area contributed by atoms with Crippen molar-refractivity contribution in [2.75, 3.05) is 18.0 Å². The van der Waals surface area contributed by atoms with Crippen molar-refractivity contribution in [3.05, 3.63) is 24.2 Å². The fourth-order valence-electron chi connectivity index (χ4n) is 2.89. The molecule has 1 fully saturated rings. The number of rotatable bonds is 6. The maximum absolute atomic E-state index is 11.4. The minimum Gasteiger partial charge on any atom is -0.467 e. The van der Waals surface area contributed by atoms with Crippen LogP contribution in [0.15, 0.2) is 28.0 Å². The van der Waals surface area contributed by atoms with Crippen LogP contribution in [-0.2, 0) is 11.3 Å². The summed E-state index contributed by atoms with van der Waals surface area (Å²) < 4.78 is 7.50. The van der Waals surface area contributed by atoms with Crippen LogP contribution in [0.4, 0.5) is 5.95 Å². The second-order valence-electron chi connectivity index (χ2n) is 6.30. The number of anilines is 1. The highest BCUT2D eigenvalue weighted by atomic mass is 32.2. The van der Waals surface area contributed by atoms with Gasteiger partial charge >= 0.3 is 0 Å². The molecule has 24 heavy (non-hydrogen) atoms. The maximum atomic E-state index is 11.4. The van der Waals surface area contributed by atoms with Gasteiger partial charge in [-0.3, -0.25) is 9.36 Å². The number of carbonyl (C=O) groups excluding carboxylic acids is 1. The van der Waals surface area contributed by atoms with Crippen LogP contribution in [-0.4, -0.2) is 39.0 Å². The SMILES string of the molecule is C[C@H]1CCCN(c2nnc(S[C@@H](C)C(N)=O)n2Cc2ccco2)C1. The van der Waals surface area contributed by atoms with Gasteiger partial charge in [-0.25, -0.2) is 0 Å². The van der Waals surface area contributed by atoms with E-state index >= 15 is 0 Å². The highest BCUT2D eigenvalue weighted by molar-refractivity contribution is 8.00. The van der Waals surface area contributed by atoms with Crippen LogP contribution in [0.3, 0.4) is 0 Å². The minimum atomic E-state index is -0.363. The van der Waals surface area contributed by atoms with Gasteiger partial charge in [0.25, 0.3) is 0 Å². The van der Waals surface area contributed by atoms with Crippen molar-refractivity contribution < 1.29 is 9.21 Å². The van der Waals surface area contributed by atoms with Crippen LogP contribution in [0.25, 0.3) is 0 Å². The van der Waals surface area contributed by atoms with Crippen LogP contribution < -0.4 is 10.6 Å². The van der Waals surface area contributed by atoms with E-state index in [1.54, 1.807) is 13.2 Å². The molecule has 1 amide bonds. The summed E-state index contributed by atoms with van der Waals surface area (Å²) in [5.41, 5.74) is 5.39. The Morgan fingerprint density at radius 3 is 3.04 bits per heavy atom. The molecule has 1 saturated heterocycles. The molecule has 3 rings (SSSR count). The lowest BCUT2D eigenvalue weighted by Gasteiger charge is -2.31. The van der Waals surface area contributed by atoms with Crippen molar-refractivity contribution in [3.8, 4) is 0 Å². The molecule has 0 aliphatic carbocycles. The lowest BCUT2D eigenvalue weighted by molar-refractivity contribution is -0.117. The van der Waals surface area contributed by atoms with Crippen LogP contribution in [0.2, 0.25) is 0 Å². The topological polar surface area (TPSA) is 90.2 Å². The number of piperidine rings is 1. The molecular formula is C16H23N5O2S. The second-order valence-corrected chi connectivity index (χ2v) is 7.61. The molecule has 8 heteroatoms. The molecule has 0 radical (unpaired) electrons. The van der Waals surface area contributed by atoms with E-state index in [1.807, 2.05) is 16.7 Å². The Balaban J connectivity index is 1.89. The van der Waals surface area contributed by atoms with Crippen molar-refractivity contribution in [1.29, 1.82) is 0 Å². The molecular weight excluding hydrogens is 326 g/mol. The van der Waals surface area contributed by atoms with E-state index in [4.69, 9.17) is 10.2 Å². The van der Waals surface area contributed by atoms with Gasteiger partial charge in [-0.15, -0.1) is 10.2 Å². The lowest BCUT2D eigenvalue weighted by Crippen LogP contribution is -2.36. The standard InChI is InChI=1S/C16H23N5O2S/c1-11-5-3-7-20(9-11)15-18-19-16(24-12(2)14(17)22)21(15)10-13-6-4-8-23-13/h4,6,8,11-12H,3,5,7,9-10H2,1-2H3,(H2,17,22)/t11-,12-/m0/s1. The predicted molar refractivity (Wildman–Crippen MR) is 93.0 cm³/mol. The van der Waals surface area contributed by atoms with E-state index in [0.29, 0.717) is 17.6 Å². The zero-order chi connectivity index (χ0) is 17.1. The Kier molecular flexibility index (Phi) is 5.13. The summed E-state index contributed by atoms with van der Waals surface area (Å²) in [4.78, 5) is 13.7. The molecule has 7 nitrogen and oxygen atoms in total. The lowest BCUT2D eigenvalue weighted by atomic mass is 10.0. The highest BCUT2D eigenvalue weighted by Crippen LogP contribution is 2.29. The van der Waals surface area contributed by atoms with Crippen LogP contribution >= 0.6 is 11.8 Å². The fourth-order valence-corrected chi connectivity index (χ4v) is 3.68. The number of nitrogens with two attached hydrogens (primary N) is 1. The third kappa shape index (κ3) is 3.75. The molecule has 2 aromatic rings. The third-order valence-electron chi connectivity index (χ3n) is 4.21. The van der Waals surface area contributed by atoms with E-state index < -0.39 is 0 Å². The van der Waals surface area contributed by atoms with Crippen molar-refractivity contribution in [1.82, 2.24) is 14.8 Å². The van der Waals surface area contributed by atoms with Crippen molar-refractivity contribution >= 4 is 23.6 Å². The summed E-state index contributed by atoms with van der Waals surface area (Å²) >= 11 is 1.33. The van der Waals surface area contributed by atoms with Crippen LogP contribution in [0.5, 0.6) is 0 Å². The Bertz CT molecular complexity index is 685. The number of amides is 1. The van der Waals surface area contributed by atoms with Crippen LogP contribution in [0, 0.1) is 5.92 Å². The minimum absolute atomic E-state index is 0.360. The summed E-state index contributed by atoms with van der Waals surface area (Å²) in [7, 11) is 0. The molecule has 0 aromatic carbocycles. The van der Waals surface area contributed by atoms with E-state index in [9.17, 15) is 4.79 Å². The van der Waals surface area contributed by atoms with Crippen molar-refractivity contribution in [2.45, 2.75) is 43.6 Å². The number of carbonyl (C=O) groups is 1. The largest absolute Gasteiger partial charge is 0.467 e. The van der Waals surface area contributed by atoms with Gasteiger partial charge in [0.1, 0.15) is 5.76 Å². The molecule has 3 heterocycles. The van der Waals surface area contributed by atoms with Gasteiger partial charge in [0, 0.05) is 13.1 Å². The summed E-state index contributed by atoms with van der Waals surface area (Å²) in [6.07, 6.45) is 4.04. The first-order valence-electron chi connectivity index (χ1n) is 8.21. The van der Waals surface area contributed by atoms with E-state index in [-0.39, 0.29) is 11.2 Å². The predicted octanol–water partition coefficient (Wildman–Crippen LogP) is 2.12. The maximum Gasteiger partial charge on any atom is 0.230 e. The van der Waals surface area contributed by atoms with Crippen LogP contribution in [0.1, 0.15) is 32.4 Å². The van der Waals surface area contributed by atoms with E-state index in [0.717, 1.165) is 31.2 Å². The first kappa shape index (κ1) is 16.9. The monoisotopic (exact) mass is 349 g/mol. The van der Waals surface area contributed by atoms with Gasteiger partial charge in [0.05, 0.1) is 18.1 Å². The molecule has 130 valence electrons. The van der Waals surface area contributed by atoms with Gasteiger partial charge < -0.3 is 15.1 Å². The van der Waals surface area contributed by atoms with Gasteiger partial charge in [-0.05, 0) is 37.8 Å². The quantitative estimate of drug-likeness (QED) is 0.804. The fraction of sp³-hybridized carbons (Fsp3) is 0.562. The summed E-state index contributed by atoms with van der Waals surface area (Å²) in [5.74, 6) is 1.93. The smallest absolute Gasteiger partial charge is 0.230 e.